The molecule has 28 heavy (non-hydrogen) atoms. The summed E-state index contributed by atoms with van der Waals surface area (Å²) in [6.07, 6.45) is 4.37. The fraction of sp³-hybridized carbons (Fsp3) is 0.611. The van der Waals surface area contributed by atoms with Gasteiger partial charge in [-0.25, -0.2) is 22.4 Å². The van der Waals surface area contributed by atoms with E-state index in [1.807, 2.05) is 0 Å². The van der Waals surface area contributed by atoms with E-state index in [4.69, 9.17) is 9.29 Å². The summed E-state index contributed by atoms with van der Waals surface area (Å²) < 4.78 is 92.8. The van der Waals surface area contributed by atoms with E-state index >= 15 is 0 Å². The van der Waals surface area contributed by atoms with Crippen LogP contribution < -0.4 is 0 Å². The molecule has 0 saturated heterocycles. The van der Waals surface area contributed by atoms with Gasteiger partial charge in [0.2, 0.25) is 0 Å². The lowest BCUT2D eigenvalue weighted by molar-refractivity contribution is -0.165. The third-order valence-electron chi connectivity index (χ3n) is 6.76. The minimum atomic E-state index is -5.59. The van der Waals surface area contributed by atoms with E-state index in [0.29, 0.717) is 11.8 Å². The third kappa shape index (κ3) is 2.75. The number of carbonyl (C=O) groups excluding carboxylic acids is 1. The van der Waals surface area contributed by atoms with Crippen molar-refractivity contribution in [1.82, 2.24) is 0 Å². The molecule has 4 saturated carbocycles. The van der Waals surface area contributed by atoms with E-state index in [0.717, 1.165) is 32.1 Å². The molecule has 4 bridgehead atoms. The molecule has 0 spiro atoms. The van der Waals surface area contributed by atoms with E-state index in [-0.39, 0.29) is 11.8 Å². The molecule has 10 heteroatoms. The number of carbonyl (C=O) groups is 1. The lowest BCUT2D eigenvalue weighted by Crippen LogP contribution is -2.58. The number of hydrogen-bond donors (Lipinski definition) is 1. The molecular weight excluding hydrogens is 404 g/mol. The van der Waals surface area contributed by atoms with Crippen LogP contribution in [0.25, 0.3) is 0 Å². The number of benzene rings is 1. The predicted molar refractivity (Wildman–Crippen MR) is 87.0 cm³/mol. The second kappa shape index (κ2) is 6.16. The molecule has 5 rings (SSSR count). The van der Waals surface area contributed by atoms with E-state index < -0.39 is 55.4 Å². The third-order valence-corrected chi connectivity index (χ3v) is 7.63. The van der Waals surface area contributed by atoms with Crippen LogP contribution >= 0.6 is 0 Å². The summed E-state index contributed by atoms with van der Waals surface area (Å²) in [7, 11) is -5.59. The summed E-state index contributed by atoms with van der Waals surface area (Å²) in [5.41, 5.74) is -2.66. The van der Waals surface area contributed by atoms with Crippen LogP contribution in [0.3, 0.4) is 0 Å². The Balaban J connectivity index is 1.72. The second-order valence-electron chi connectivity index (χ2n) is 8.31. The SMILES string of the molecule is CC1(OC(=O)c2c(F)c(F)c(S(=O)(=O)O)c(F)c2F)C2CC3CC(C2)CC1C3. The van der Waals surface area contributed by atoms with Gasteiger partial charge in [0.15, 0.2) is 28.2 Å². The molecule has 0 atom stereocenters. The van der Waals surface area contributed by atoms with E-state index in [1.165, 1.54) is 0 Å². The zero-order chi connectivity index (χ0) is 20.6. The molecule has 1 N–H and O–H groups in total. The van der Waals surface area contributed by atoms with Gasteiger partial charge in [-0.1, -0.05) is 0 Å². The van der Waals surface area contributed by atoms with Crippen molar-refractivity contribution in [3.8, 4) is 0 Å². The van der Waals surface area contributed by atoms with Crippen molar-refractivity contribution < 1.29 is 40.1 Å². The van der Waals surface area contributed by atoms with Crippen molar-refractivity contribution in [2.75, 3.05) is 0 Å². The average molecular weight is 422 g/mol. The second-order valence-corrected chi connectivity index (χ2v) is 9.67. The van der Waals surface area contributed by atoms with Gasteiger partial charge in [0.05, 0.1) is 0 Å². The first-order valence-electron chi connectivity index (χ1n) is 9.00. The molecule has 0 aliphatic heterocycles. The Morgan fingerprint density at radius 2 is 1.36 bits per heavy atom. The van der Waals surface area contributed by atoms with Gasteiger partial charge in [0, 0.05) is 0 Å². The molecule has 1 aromatic carbocycles. The van der Waals surface area contributed by atoms with Crippen LogP contribution in [-0.2, 0) is 14.9 Å². The monoisotopic (exact) mass is 422 g/mol. The molecule has 0 heterocycles. The first-order chi connectivity index (χ1) is 12.9. The molecule has 0 amide bonds. The van der Waals surface area contributed by atoms with Crippen LogP contribution in [0.4, 0.5) is 17.6 Å². The number of esters is 1. The topological polar surface area (TPSA) is 80.7 Å². The Hall–Kier alpha value is -1.68. The molecule has 4 aliphatic carbocycles. The van der Waals surface area contributed by atoms with Crippen LogP contribution in [0, 0.1) is 46.9 Å². The Kier molecular flexibility index (Phi) is 4.32. The molecule has 0 unspecified atom stereocenters. The number of halogens is 4. The van der Waals surface area contributed by atoms with Crippen LogP contribution in [-0.4, -0.2) is 24.5 Å². The summed E-state index contributed by atoms with van der Waals surface area (Å²) in [5, 5.41) is 0. The van der Waals surface area contributed by atoms with Crippen LogP contribution in [0.15, 0.2) is 4.90 Å². The zero-order valence-corrected chi connectivity index (χ0v) is 15.7. The van der Waals surface area contributed by atoms with Crippen LogP contribution in [0.1, 0.15) is 49.4 Å². The normalized spacial score (nSPS) is 33.9. The Bertz CT molecular complexity index is 918. The number of ether oxygens (including phenoxy) is 1. The highest BCUT2D eigenvalue weighted by Gasteiger charge is 2.57. The molecule has 4 fully saturated rings. The smallest absolute Gasteiger partial charge is 0.344 e. The van der Waals surface area contributed by atoms with Gasteiger partial charge in [-0.2, -0.15) is 8.42 Å². The zero-order valence-electron chi connectivity index (χ0n) is 14.8. The Labute approximate surface area is 158 Å². The summed E-state index contributed by atoms with van der Waals surface area (Å²) in [6, 6.07) is 0. The molecule has 0 radical (unpaired) electrons. The Morgan fingerprint density at radius 1 is 0.929 bits per heavy atom. The first kappa shape index (κ1) is 19.6. The van der Waals surface area contributed by atoms with Gasteiger partial charge in [-0.3, -0.25) is 4.55 Å². The average Bonchev–Trinajstić information content (AvgIpc) is 2.56. The highest BCUT2D eigenvalue weighted by atomic mass is 32.2. The molecule has 5 nitrogen and oxygen atoms in total. The van der Waals surface area contributed by atoms with Crippen LogP contribution in [0.2, 0.25) is 0 Å². The Morgan fingerprint density at radius 3 is 1.75 bits per heavy atom. The van der Waals surface area contributed by atoms with Gasteiger partial charge in [0.1, 0.15) is 11.2 Å². The summed E-state index contributed by atoms with van der Waals surface area (Å²) in [6.45, 7) is 1.67. The van der Waals surface area contributed by atoms with Gasteiger partial charge in [-0.05, 0) is 62.7 Å². The maximum Gasteiger partial charge on any atom is 0.344 e. The minimum absolute atomic E-state index is 0.00870. The molecule has 154 valence electrons. The number of rotatable bonds is 3. The first-order valence-corrected chi connectivity index (χ1v) is 10.4. The van der Waals surface area contributed by atoms with Gasteiger partial charge in [-0.15, -0.1) is 0 Å². The maximum absolute atomic E-state index is 14.3. The lowest BCUT2D eigenvalue weighted by Gasteiger charge is -2.59. The van der Waals surface area contributed by atoms with Crippen molar-refractivity contribution in [2.24, 2.45) is 23.7 Å². The van der Waals surface area contributed by atoms with Crippen molar-refractivity contribution in [2.45, 2.75) is 49.5 Å². The number of hydrogen-bond acceptors (Lipinski definition) is 4. The highest BCUT2D eigenvalue weighted by Crippen LogP contribution is 2.59. The van der Waals surface area contributed by atoms with Crippen molar-refractivity contribution >= 4 is 16.1 Å². The molecule has 0 aromatic heterocycles. The van der Waals surface area contributed by atoms with E-state index in [2.05, 4.69) is 0 Å². The largest absolute Gasteiger partial charge is 0.455 e. The minimum Gasteiger partial charge on any atom is -0.455 e. The fourth-order valence-electron chi connectivity index (χ4n) is 5.55. The molecule has 4 aliphatic rings. The standard InChI is InChI=1S/C18H18F4O5S/c1-18(9-3-7-2-8(5-9)6-10(18)4-7)27-17(23)11-12(19)14(21)16(28(24,25)26)15(22)13(11)20/h7-10H,2-6H2,1H3,(H,24,25,26). The molecule has 1 aromatic rings. The lowest BCUT2D eigenvalue weighted by atomic mass is 9.50. The van der Waals surface area contributed by atoms with Crippen molar-refractivity contribution in [3.05, 3.63) is 28.8 Å². The fourth-order valence-corrected chi connectivity index (χ4v) is 6.19. The van der Waals surface area contributed by atoms with Gasteiger partial charge in [0.25, 0.3) is 0 Å². The summed E-state index contributed by atoms with van der Waals surface area (Å²) in [5.74, 6) is -9.75. The summed E-state index contributed by atoms with van der Waals surface area (Å²) in [4.78, 5) is 10.3. The maximum atomic E-state index is 14.3. The van der Waals surface area contributed by atoms with Gasteiger partial charge < -0.3 is 4.74 Å². The summed E-state index contributed by atoms with van der Waals surface area (Å²) >= 11 is 0. The predicted octanol–water partition coefficient (Wildman–Crippen LogP) is 3.86. The van der Waals surface area contributed by atoms with E-state index in [1.54, 1.807) is 6.92 Å². The van der Waals surface area contributed by atoms with Crippen molar-refractivity contribution in [3.63, 3.8) is 0 Å². The van der Waals surface area contributed by atoms with Crippen molar-refractivity contribution in [1.29, 1.82) is 0 Å². The van der Waals surface area contributed by atoms with E-state index in [9.17, 15) is 30.8 Å². The highest BCUT2D eigenvalue weighted by molar-refractivity contribution is 7.85. The van der Waals surface area contributed by atoms with Gasteiger partial charge >= 0.3 is 16.1 Å². The van der Waals surface area contributed by atoms with Crippen LogP contribution in [0.5, 0.6) is 0 Å². The molecular formula is C18H18F4O5S. The quantitative estimate of drug-likeness (QED) is 0.346.